The second kappa shape index (κ2) is 10.8. The molecule has 7 heteroatoms. The molecular weight excluding hydrogens is 386 g/mol. The zero-order chi connectivity index (χ0) is 20.6. The molecule has 1 fully saturated rings. The van der Waals surface area contributed by atoms with E-state index in [1.165, 1.54) is 17.0 Å². The average Bonchev–Trinajstić information content (AvgIpc) is 3.12. The van der Waals surface area contributed by atoms with Crippen LogP contribution in [-0.2, 0) is 0 Å². The van der Waals surface area contributed by atoms with Crippen LogP contribution < -0.4 is 14.4 Å². The Kier molecular flexibility index (Phi) is 8.15. The molecule has 2 heterocycles. The second-order valence-electron chi connectivity index (χ2n) is 7.98. The number of para-hydroxylation sites is 2. The molecule has 0 amide bonds. The average molecular weight is 420 g/mol. The van der Waals surface area contributed by atoms with Gasteiger partial charge < -0.3 is 19.5 Å². The summed E-state index contributed by atoms with van der Waals surface area (Å²) in [5.74, 6) is 1.61. The van der Waals surface area contributed by atoms with Gasteiger partial charge in [-0.05, 0) is 31.4 Å². The number of aliphatic hydroxyl groups is 1. The summed E-state index contributed by atoms with van der Waals surface area (Å²) in [6, 6.07) is 8.30. The summed E-state index contributed by atoms with van der Waals surface area (Å²) < 4.78 is 11.7. The van der Waals surface area contributed by atoms with Crippen LogP contribution in [0.4, 0.5) is 5.69 Å². The lowest BCUT2D eigenvalue weighted by Crippen LogP contribution is -2.49. The Morgan fingerprint density at radius 2 is 1.90 bits per heavy atom. The van der Waals surface area contributed by atoms with Crippen molar-refractivity contribution in [3.63, 3.8) is 0 Å². The van der Waals surface area contributed by atoms with E-state index in [0.29, 0.717) is 19.1 Å². The van der Waals surface area contributed by atoms with E-state index in [9.17, 15) is 5.11 Å². The minimum absolute atomic E-state index is 0.301. The van der Waals surface area contributed by atoms with E-state index in [-0.39, 0.29) is 0 Å². The SMILES string of the molecule is Cc1ncsc1OCC(O)CN1CCN(c2ccccc2OCCC(C)C)CC1. The summed E-state index contributed by atoms with van der Waals surface area (Å²) in [7, 11) is 0. The lowest BCUT2D eigenvalue weighted by Gasteiger charge is -2.37. The van der Waals surface area contributed by atoms with E-state index in [4.69, 9.17) is 9.47 Å². The van der Waals surface area contributed by atoms with Gasteiger partial charge in [0.1, 0.15) is 18.5 Å². The molecular formula is C22H33N3O3S. The van der Waals surface area contributed by atoms with Crippen molar-refractivity contribution < 1.29 is 14.6 Å². The standard InChI is InChI=1S/C22H33N3O3S/c1-17(2)8-13-27-21-7-5-4-6-20(21)25-11-9-24(10-12-25)14-19(26)15-28-22-18(3)23-16-29-22/h4-7,16-17,19,26H,8-15H2,1-3H3. The number of hydrogen-bond donors (Lipinski definition) is 1. The molecule has 6 nitrogen and oxygen atoms in total. The molecule has 0 saturated carbocycles. The molecule has 0 spiro atoms. The largest absolute Gasteiger partial charge is 0.491 e. The third-order valence-electron chi connectivity index (χ3n) is 5.11. The first-order valence-corrected chi connectivity index (χ1v) is 11.3. The Hall–Kier alpha value is -1.83. The van der Waals surface area contributed by atoms with Crippen LogP contribution in [0.2, 0.25) is 0 Å². The number of benzene rings is 1. The normalized spacial score (nSPS) is 16.2. The molecule has 1 N–H and O–H groups in total. The fourth-order valence-electron chi connectivity index (χ4n) is 3.37. The van der Waals surface area contributed by atoms with E-state index in [1.54, 1.807) is 5.51 Å². The van der Waals surface area contributed by atoms with Gasteiger partial charge in [0.2, 0.25) is 0 Å². The van der Waals surface area contributed by atoms with Gasteiger partial charge in [0.25, 0.3) is 0 Å². The van der Waals surface area contributed by atoms with Gasteiger partial charge in [0, 0.05) is 32.7 Å². The Bertz CT molecular complexity index is 744. The van der Waals surface area contributed by atoms with Crippen molar-refractivity contribution in [3.05, 3.63) is 35.5 Å². The topological polar surface area (TPSA) is 58.1 Å². The molecule has 1 aromatic heterocycles. The lowest BCUT2D eigenvalue weighted by atomic mass is 10.1. The number of nitrogens with zero attached hydrogens (tertiary/aromatic N) is 3. The van der Waals surface area contributed by atoms with E-state index in [1.807, 2.05) is 13.0 Å². The molecule has 0 bridgehead atoms. The van der Waals surface area contributed by atoms with E-state index in [0.717, 1.165) is 55.7 Å². The van der Waals surface area contributed by atoms with Crippen LogP contribution in [0.25, 0.3) is 0 Å². The van der Waals surface area contributed by atoms with Gasteiger partial charge in [0.15, 0.2) is 5.06 Å². The van der Waals surface area contributed by atoms with Gasteiger partial charge in [0.05, 0.1) is 23.5 Å². The third-order valence-corrected chi connectivity index (χ3v) is 5.95. The number of aromatic nitrogens is 1. The highest BCUT2D eigenvalue weighted by molar-refractivity contribution is 7.11. The van der Waals surface area contributed by atoms with Gasteiger partial charge >= 0.3 is 0 Å². The van der Waals surface area contributed by atoms with Crippen LogP contribution in [0, 0.1) is 12.8 Å². The summed E-state index contributed by atoms with van der Waals surface area (Å²) in [5, 5.41) is 11.1. The zero-order valence-electron chi connectivity index (χ0n) is 17.7. The molecule has 0 aliphatic carbocycles. The summed E-state index contributed by atoms with van der Waals surface area (Å²) in [6.45, 7) is 11.7. The number of thiazole rings is 1. The molecule has 160 valence electrons. The van der Waals surface area contributed by atoms with Crippen LogP contribution in [0.3, 0.4) is 0 Å². The Labute approximate surface area is 178 Å². The molecule has 1 saturated heterocycles. The van der Waals surface area contributed by atoms with E-state index >= 15 is 0 Å². The Morgan fingerprint density at radius 3 is 2.59 bits per heavy atom. The van der Waals surface area contributed by atoms with Gasteiger partial charge in [-0.1, -0.05) is 37.3 Å². The summed E-state index contributed by atoms with van der Waals surface area (Å²) >= 11 is 1.47. The van der Waals surface area contributed by atoms with E-state index < -0.39 is 6.10 Å². The zero-order valence-corrected chi connectivity index (χ0v) is 18.5. The summed E-state index contributed by atoms with van der Waals surface area (Å²) in [4.78, 5) is 8.84. The highest BCUT2D eigenvalue weighted by Crippen LogP contribution is 2.29. The minimum atomic E-state index is -0.505. The Morgan fingerprint density at radius 1 is 1.14 bits per heavy atom. The maximum atomic E-state index is 10.3. The number of ether oxygens (including phenoxy) is 2. The van der Waals surface area contributed by atoms with Crippen molar-refractivity contribution in [2.75, 3.05) is 50.8 Å². The second-order valence-corrected chi connectivity index (χ2v) is 8.79. The highest BCUT2D eigenvalue weighted by Gasteiger charge is 2.22. The Balaban J connectivity index is 1.45. The number of aliphatic hydroxyl groups excluding tert-OH is 1. The highest BCUT2D eigenvalue weighted by atomic mass is 32.1. The minimum Gasteiger partial charge on any atom is -0.491 e. The van der Waals surface area contributed by atoms with Crippen LogP contribution in [0.5, 0.6) is 10.8 Å². The predicted octanol–water partition coefficient (Wildman–Crippen LogP) is 3.44. The molecule has 1 aromatic carbocycles. The monoisotopic (exact) mass is 419 g/mol. The molecule has 29 heavy (non-hydrogen) atoms. The van der Waals surface area contributed by atoms with Gasteiger partial charge in [-0.2, -0.15) is 0 Å². The first-order valence-electron chi connectivity index (χ1n) is 10.4. The van der Waals surface area contributed by atoms with Gasteiger partial charge in [-0.15, -0.1) is 0 Å². The van der Waals surface area contributed by atoms with Crippen molar-refractivity contribution >= 4 is 17.0 Å². The molecule has 0 radical (unpaired) electrons. The molecule has 1 atom stereocenters. The molecule has 1 aliphatic rings. The number of anilines is 1. The molecule has 1 aliphatic heterocycles. The maximum absolute atomic E-state index is 10.3. The van der Waals surface area contributed by atoms with Crippen LogP contribution in [0.1, 0.15) is 26.0 Å². The summed E-state index contributed by atoms with van der Waals surface area (Å²) in [6.07, 6.45) is 0.554. The maximum Gasteiger partial charge on any atom is 0.197 e. The first kappa shape index (κ1) is 21.9. The molecule has 3 rings (SSSR count). The van der Waals surface area contributed by atoms with Crippen LogP contribution in [0.15, 0.2) is 29.8 Å². The van der Waals surface area contributed by atoms with Crippen molar-refractivity contribution in [2.24, 2.45) is 5.92 Å². The van der Waals surface area contributed by atoms with Crippen molar-refractivity contribution in [3.8, 4) is 10.8 Å². The number of β-amino-alcohol motifs (C(OH)–C–C–N with tert-alkyl or cyclic N) is 1. The summed E-state index contributed by atoms with van der Waals surface area (Å²) in [5.41, 5.74) is 3.81. The van der Waals surface area contributed by atoms with Crippen LogP contribution in [-0.4, -0.2) is 67.0 Å². The lowest BCUT2D eigenvalue weighted by molar-refractivity contribution is 0.0673. The van der Waals surface area contributed by atoms with Crippen molar-refractivity contribution in [2.45, 2.75) is 33.3 Å². The van der Waals surface area contributed by atoms with E-state index in [2.05, 4.69) is 46.8 Å². The van der Waals surface area contributed by atoms with Gasteiger partial charge in [-0.3, -0.25) is 4.90 Å². The number of piperazine rings is 1. The number of hydrogen-bond acceptors (Lipinski definition) is 7. The number of aryl methyl sites for hydroxylation is 1. The third kappa shape index (κ3) is 6.59. The first-order chi connectivity index (χ1) is 14.0. The van der Waals surface area contributed by atoms with Crippen molar-refractivity contribution in [1.29, 1.82) is 0 Å². The van der Waals surface area contributed by atoms with Gasteiger partial charge in [-0.25, -0.2) is 4.98 Å². The quantitative estimate of drug-likeness (QED) is 0.637. The van der Waals surface area contributed by atoms with Crippen LogP contribution >= 0.6 is 11.3 Å². The predicted molar refractivity (Wildman–Crippen MR) is 118 cm³/mol. The fourth-order valence-corrected chi connectivity index (χ4v) is 4.03. The molecule has 1 unspecified atom stereocenters. The van der Waals surface area contributed by atoms with Crippen molar-refractivity contribution in [1.82, 2.24) is 9.88 Å². The number of rotatable bonds is 10. The fraction of sp³-hybridized carbons (Fsp3) is 0.591. The molecule has 2 aromatic rings. The smallest absolute Gasteiger partial charge is 0.197 e.